The number of imidazole rings is 1. The monoisotopic (exact) mass is 332 g/mol. The van der Waals surface area contributed by atoms with E-state index in [0.29, 0.717) is 11.2 Å². The van der Waals surface area contributed by atoms with Gasteiger partial charge in [0.25, 0.3) is 11.5 Å². The Labute approximate surface area is 142 Å². The lowest BCUT2D eigenvalue weighted by Crippen LogP contribution is -2.29. The molecule has 6 nitrogen and oxygen atoms in total. The molecule has 0 fully saturated rings. The van der Waals surface area contributed by atoms with Gasteiger partial charge in [0, 0.05) is 5.39 Å². The molecule has 0 unspecified atom stereocenters. The van der Waals surface area contributed by atoms with Crippen LogP contribution in [0, 0.1) is 0 Å². The number of rotatable bonds is 3. The van der Waals surface area contributed by atoms with E-state index < -0.39 is 0 Å². The van der Waals surface area contributed by atoms with Crippen LogP contribution in [0.5, 0.6) is 0 Å². The number of nitrogens with one attached hydrogen (secondary N) is 3. The van der Waals surface area contributed by atoms with Crippen molar-refractivity contribution in [2.45, 2.75) is 13.0 Å². The van der Waals surface area contributed by atoms with Crippen molar-refractivity contribution < 1.29 is 4.79 Å². The number of fused-ring (bicyclic) bond motifs is 2. The number of carbonyl (C=O) groups is 1. The van der Waals surface area contributed by atoms with Gasteiger partial charge < -0.3 is 15.3 Å². The molecule has 0 saturated carbocycles. The average Bonchev–Trinajstić information content (AvgIpc) is 3.06. The first kappa shape index (κ1) is 15.1. The number of amides is 1. The molecule has 0 aliphatic rings. The van der Waals surface area contributed by atoms with Crippen LogP contribution in [-0.4, -0.2) is 20.9 Å². The summed E-state index contributed by atoms with van der Waals surface area (Å²) in [5.74, 6) is 0.313. The Bertz CT molecular complexity index is 1110. The van der Waals surface area contributed by atoms with Crippen LogP contribution in [0.25, 0.3) is 21.8 Å². The highest BCUT2D eigenvalue weighted by molar-refractivity contribution is 5.96. The third-order valence-corrected chi connectivity index (χ3v) is 4.16. The molecule has 6 heteroatoms. The highest BCUT2D eigenvalue weighted by Gasteiger charge is 2.16. The van der Waals surface area contributed by atoms with Gasteiger partial charge in [-0.25, -0.2) is 4.98 Å². The Kier molecular flexibility index (Phi) is 3.57. The van der Waals surface area contributed by atoms with E-state index in [2.05, 4.69) is 20.3 Å². The van der Waals surface area contributed by atoms with Crippen LogP contribution in [0.1, 0.15) is 29.3 Å². The maximum Gasteiger partial charge on any atom is 0.268 e. The lowest BCUT2D eigenvalue weighted by atomic mass is 10.1. The van der Waals surface area contributed by atoms with Gasteiger partial charge in [0.05, 0.1) is 17.1 Å². The summed E-state index contributed by atoms with van der Waals surface area (Å²) in [6, 6.07) is 16.2. The average molecular weight is 332 g/mol. The number of benzene rings is 2. The molecular weight excluding hydrogens is 316 g/mol. The van der Waals surface area contributed by atoms with E-state index >= 15 is 0 Å². The minimum Gasteiger partial charge on any atom is -0.341 e. The minimum absolute atomic E-state index is 0.228. The fraction of sp³-hybridized carbons (Fsp3) is 0.105. The van der Waals surface area contributed by atoms with E-state index in [4.69, 9.17) is 0 Å². The predicted octanol–water partition coefficient (Wildman–Crippen LogP) is 2.90. The van der Waals surface area contributed by atoms with E-state index in [-0.39, 0.29) is 23.2 Å². The Morgan fingerprint density at radius 1 is 1.08 bits per heavy atom. The quantitative estimate of drug-likeness (QED) is 0.539. The molecule has 0 radical (unpaired) electrons. The summed E-state index contributed by atoms with van der Waals surface area (Å²) < 4.78 is 0. The van der Waals surface area contributed by atoms with Gasteiger partial charge >= 0.3 is 0 Å². The van der Waals surface area contributed by atoms with Crippen molar-refractivity contribution in [2.75, 3.05) is 0 Å². The van der Waals surface area contributed by atoms with Crippen molar-refractivity contribution in [2.24, 2.45) is 0 Å². The van der Waals surface area contributed by atoms with E-state index in [0.717, 1.165) is 16.4 Å². The maximum absolute atomic E-state index is 12.5. The SMILES string of the molecule is C[C@@H](NC(=O)c1cc2ccccc2c(=O)[nH]1)c1nc2ccccc2[nH]1. The number of para-hydroxylation sites is 2. The van der Waals surface area contributed by atoms with E-state index in [1.807, 2.05) is 43.3 Å². The molecule has 25 heavy (non-hydrogen) atoms. The molecule has 0 saturated heterocycles. The van der Waals surface area contributed by atoms with Crippen LogP contribution >= 0.6 is 0 Å². The largest absolute Gasteiger partial charge is 0.341 e. The summed E-state index contributed by atoms with van der Waals surface area (Å²) in [5.41, 5.74) is 1.71. The summed E-state index contributed by atoms with van der Waals surface area (Å²) in [6.07, 6.45) is 0. The zero-order chi connectivity index (χ0) is 17.4. The van der Waals surface area contributed by atoms with Crippen LogP contribution in [0.3, 0.4) is 0 Å². The molecular formula is C19H16N4O2. The highest BCUT2D eigenvalue weighted by atomic mass is 16.2. The molecule has 1 atom stereocenters. The summed E-state index contributed by atoms with van der Waals surface area (Å²) in [6.45, 7) is 1.84. The lowest BCUT2D eigenvalue weighted by Gasteiger charge is -2.11. The molecule has 4 aromatic rings. The van der Waals surface area contributed by atoms with Crippen molar-refractivity contribution in [3.8, 4) is 0 Å². The predicted molar refractivity (Wildman–Crippen MR) is 96.5 cm³/mol. The van der Waals surface area contributed by atoms with Gasteiger partial charge in [0.2, 0.25) is 0 Å². The second kappa shape index (κ2) is 5.90. The zero-order valence-electron chi connectivity index (χ0n) is 13.5. The number of hydrogen-bond acceptors (Lipinski definition) is 3. The van der Waals surface area contributed by atoms with E-state index in [9.17, 15) is 9.59 Å². The van der Waals surface area contributed by atoms with Crippen LogP contribution in [0.2, 0.25) is 0 Å². The molecule has 4 rings (SSSR count). The molecule has 2 aromatic heterocycles. The maximum atomic E-state index is 12.5. The fourth-order valence-corrected chi connectivity index (χ4v) is 2.85. The van der Waals surface area contributed by atoms with Gasteiger partial charge in [-0.1, -0.05) is 30.3 Å². The number of nitrogens with zero attached hydrogens (tertiary/aromatic N) is 1. The van der Waals surface area contributed by atoms with Gasteiger partial charge in [-0.2, -0.15) is 0 Å². The molecule has 124 valence electrons. The number of H-pyrrole nitrogens is 2. The van der Waals surface area contributed by atoms with E-state index in [1.165, 1.54) is 0 Å². The van der Waals surface area contributed by atoms with Crippen LogP contribution in [0.15, 0.2) is 59.4 Å². The van der Waals surface area contributed by atoms with E-state index in [1.54, 1.807) is 18.2 Å². The Hall–Kier alpha value is -3.41. The lowest BCUT2D eigenvalue weighted by molar-refractivity contribution is 0.0933. The third kappa shape index (κ3) is 2.78. The molecule has 0 spiro atoms. The molecule has 0 bridgehead atoms. The van der Waals surface area contributed by atoms with Gasteiger partial charge in [-0.05, 0) is 36.6 Å². The number of hydrogen-bond donors (Lipinski definition) is 3. The first-order valence-corrected chi connectivity index (χ1v) is 7.99. The number of aromatic amines is 2. The van der Waals surface area contributed by atoms with Gasteiger partial charge in [-0.15, -0.1) is 0 Å². The Morgan fingerprint density at radius 2 is 1.84 bits per heavy atom. The summed E-state index contributed by atoms with van der Waals surface area (Å²) >= 11 is 0. The molecule has 2 aromatic carbocycles. The summed E-state index contributed by atoms with van der Waals surface area (Å²) in [4.78, 5) is 35.0. The second-order valence-corrected chi connectivity index (χ2v) is 5.93. The van der Waals surface area contributed by atoms with Crippen molar-refractivity contribution in [3.63, 3.8) is 0 Å². The van der Waals surface area contributed by atoms with Gasteiger partial charge in [0.1, 0.15) is 11.5 Å². The first-order valence-electron chi connectivity index (χ1n) is 7.99. The molecule has 0 aliphatic heterocycles. The third-order valence-electron chi connectivity index (χ3n) is 4.16. The zero-order valence-corrected chi connectivity index (χ0v) is 13.5. The number of pyridine rings is 1. The van der Waals surface area contributed by atoms with Crippen LogP contribution in [0.4, 0.5) is 0 Å². The summed E-state index contributed by atoms with van der Waals surface area (Å²) in [5, 5.41) is 4.15. The molecule has 2 heterocycles. The fourth-order valence-electron chi connectivity index (χ4n) is 2.85. The van der Waals surface area contributed by atoms with Crippen LogP contribution in [-0.2, 0) is 0 Å². The van der Waals surface area contributed by atoms with Crippen molar-refractivity contribution in [3.05, 3.63) is 76.5 Å². The van der Waals surface area contributed by atoms with Gasteiger partial charge in [-0.3, -0.25) is 9.59 Å². The van der Waals surface area contributed by atoms with Gasteiger partial charge in [0.15, 0.2) is 0 Å². The second-order valence-electron chi connectivity index (χ2n) is 5.93. The van der Waals surface area contributed by atoms with Crippen LogP contribution < -0.4 is 10.9 Å². The highest BCUT2D eigenvalue weighted by Crippen LogP contribution is 2.16. The molecule has 0 aliphatic carbocycles. The number of aromatic nitrogens is 3. The first-order chi connectivity index (χ1) is 12.1. The topological polar surface area (TPSA) is 90.6 Å². The summed E-state index contributed by atoms with van der Waals surface area (Å²) in [7, 11) is 0. The standard InChI is InChI=1S/C19H16N4O2/c1-11(17-21-14-8-4-5-9-15(14)22-17)20-19(25)16-10-12-6-2-3-7-13(12)18(24)23-16/h2-11H,1H3,(H,20,25)(H,21,22)(H,23,24)/t11-/m1/s1. The Balaban J connectivity index is 1.62. The molecule has 1 amide bonds. The van der Waals surface area contributed by atoms with Crippen molar-refractivity contribution >= 4 is 27.7 Å². The van der Waals surface area contributed by atoms with Crippen molar-refractivity contribution in [1.29, 1.82) is 0 Å². The smallest absolute Gasteiger partial charge is 0.268 e. The minimum atomic E-state index is -0.351. The van der Waals surface area contributed by atoms with Crippen molar-refractivity contribution in [1.82, 2.24) is 20.3 Å². The normalized spacial score (nSPS) is 12.4. The molecule has 3 N–H and O–H groups in total. The number of carbonyl (C=O) groups excluding carboxylic acids is 1. The Morgan fingerprint density at radius 3 is 2.68 bits per heavy atom.